The number of para-hydroxylation sites is 2. The van der Waals surface area contributed by atoms with Crippen LogP contribution in [0.15, 0.2) is 24.3 Å². The Morgan fingerprint density at radius 1 is 1.50 bits per heavy atom. The van der Waals surface area contributed by atoms with Crippen molar-refractivity contribution < 1.29 is 9.53 Å². The molecule has 0 saturated carbocycles. The number of rotatable bonds is 5. The minimum Gasteiger partial charge on any atom is -0.382 e. The van der Waals surface area contributed by atoms with Crippen molar-refractivity contribution in [1.82, 2.24) is 5.32 Å². The monoisotopic (exact) mass is 293 g/mol. The molecular weight excluding hydrogens is 274 g/mol. The molecule has 0 saturated heterocycles. The molecule has 0 aliphatic carbocycles. The topological polar surface area (TPSA) is 53.6 Å². The van der Waals surface area contributed by atoms with Gasteiger partial charge in [-0.3, -0.25) is 4.79 Å². The first-order valence-corrected chi connectivity index (χ1v) is 7.15. The van der Waals surface area contributed by atoms with E-state index in [4.69, 9.17) is 17.0 Å². The van der Waals surface area contributed by atoms with E-state index in [0.717, 1.165) is 30.9 Å². The van der Waals surface area contributed by atoms with Crippen molar-refractivity contribution in [2.45, 2.75) is 13.3 Å². The highest BCUT2D eigenvalue weighted by Crippen LogP contribution is 2.28. The number of thiocarbonyl (C=S) groups is 1. The highest BCUT2D eigenvalue weighted by molar-refractivity contribution is 7.80. The summed E-state index contributed by atoms with van der Waals surface area (Å²) < 4.78 is 5.27. The van der Waals surface area contributed by atoms with Gasteiger partial charge < -0.3 is 20.3 Å². The molecule has 0 aromatic heterocycles. The maximum atomic E-state index is 11.7. The summed E-state index contributed by atoms with van der Waals surface area (Å²) in [6, 6.07) is 7.64. The SMILES string of the molecule is CCOCCCNC(=S)N1CC(=O)Nc2ccccc21. The molecule has 0 atom stereocenters. The Labute approximate surface area is 124 Å². The number of nitrogens with zero attached hydrogens (tertiary/aromatic N) is 1. The van der Waals surface area contributed by atoms with Gasteiger partial charge in [-0.2, -0.15) is 0 Å². The van der Waals surface area contributed by atoms with Gasteiger partial charge in [-0.15, -0.1) is 0 Å². The molecule has 0 fully saturated rings. The lowest BCUT2D eigenvalue weighted by atomic mass is 10.2. The van der Waals surface area contributed by atoms with Gasteiger partial charge in [0.1, 0.15) is 6.54 Å². The number of anilines is 2. The Morgan fingerprint density at radius 3 is 3.10 bits per heavy atom. The van der Waals surface area contributed by atoms with Crippen molar-refractivity contribution >= 4 is 34.6 Å². The fourth-order valence-corrected chi connectivity index (χ4v) is 2.29. The fraction of sp³-hybridized carbons (Fsp3) is 0.429. The normalized spacial score (nSPS) is 13.7. The maximum absolute atomic E-state index is 11.7. The van der Waals surface area contributed by atoms with Crippen molar-refractivity contribution in [3.05, 3.63) is 24.3 Å². The molecule has 5 nitrogen and oxygen atoms in total. The number of nitrogens with one attached hydrogen (secondary N) is 2. The van der Waals surface area contributed by atoms with Crippen LogP contribution in [0.3, 0.4) is 0 Å². The average molecular weight is 293 g/mol. The number of hydrogen-bond donors (Lipinski definition) is 2. The second-order valence-corrected chi connectivity index (χ2v) is 4.82. The van der Waals surface area contributed by atoms with Crippen LogP contribution in [-0.4, -0.2) is 37.3 Å². The van der Waals surface area contributed by atoms with E-state index in [1.54, 1.807) is 0 Å². The van der Waals surface area contributed by atoms with Gasteiger partial charge in [0.05, 0.1) is 11.4 Å². The number of carbonyl (C=O) groups excluding carboxylic acids is 1. The van der Waals surface area contributed by atoms with E-state index in [2.05, 4.69) is 10.6 Å². The minimum absolute atomic E-state index is 0.0535. The van der Waals surface area contributed by atoms with Crippen molar-refractivity contribution in [3.8, 4) is 0 Å². The highest BCUT2D eigenvalue weighted by atomic mass is 32.1. The molecule has 1 amide bonds. The molecule has 1 aliphatic heterocycles. The largest absolute Gasteiger partial charge is 0.382 e. The van der Waals surface area contributed by atoms with Gasteiger partial charge in [0.2, 0.25) is 5.91 Å². The zero-order valence-corrected chi connectivity index (χ0v) is 12.3. The predicted molar refractivity (Wildman–Crippen MR) is 84.1 cm³/mol. The Kier molecular flexibility index (Phi) is 5.31. The van der Waals surface area contributed by atoms with Crippen LogP contribution in [0.2, 0.25) is 0 Å². The van der Waals surface area contributed by atoms with Crippen molar-refractivity contribution in [3.63, 3.8) is 0 Å². The average Bonchev–Trinajstić information content (AvgIpc) is 2.46. The standard InChI is InChI=1S/C14H19N3O2S/c1-2-19-9-5-8-15-14(20)17-10-13(18)16-11-6-3-4-7-12(11)17/h3-4,6-7H,2,5,8-10H2,1H3,(H,15,20)(H,16,18). The molecule has 0 spiro atoms. The lowest BCUT2D eigenvalue weighted by Gasteiger charge is -2.31. The van der Waals surface area contributed by atoms with Gasteiger partial charge in [0.25, 0.3) is 0 Å². The van der Waals surface area contributed by atoms with Crippen LogP contribution in [0.5, 0.6) is 0 Å². The lowest BCUT2D eigenvalue weighted by Crippen LogP contribution is -2.47. The summed E-state index contributed by atoms with van der Waals surface area (Å²) in [5.74, 6) is -0.0535. The Hall–Kier alpha value is -1.66. The third kappa shape index (κ3) is 3.68. The number of fused-ring (bicyclic) bond motifs is 1. The molecule has 20 heavy (non-hydrogen) atoms. The lowest BCUT2D eigenvalue weighted by molar-refractivity contribution is -0.115. The number of hydrogen-bond acceptors (Lipinski definition) is 3. The molecule has 1 heterocycles. The van der Waals surface area contributed by atoms with Crippen LogP contribution >= 0.6 is 12.2 Å². The molecule has 0 radical (unpaired) electrons. The van der Waals surface area contributed by atoms with Crippen LogP contribution in [0.4, 0.5) is 11.4 Å². The zero-order valence-electron chi connectivity index (χ0n) is 11.5. The summed E-state index contributed by atoms with van der Waals surface area (Å²) in [5.41, 5.74) is 1.72. The van der Waals surface area contributed by atoms with Gasteiger partial charge in [-0.05, 0) is 37.7 Å². The Morgan fingerprint density at radius 2 is 2.30 bits per heavy atom. The third-order valence-corrected chi connectivity index (χ3v) is 3.33. The second-order valence-electron chi connectivity index (χ2n) is 4.43. The quantitative estimate of drug-likeness (QED) is 0.640. The molecular formula is C14H19N3O2S. The van der Waals surface area contributed by atoms with Crippen molar-refractivity contribution in [2.24, 2.45) is 0 Å². The first-order valence-electron chi connectivity index (χ1n) is 6.74. The molecule has 1 aromatic carbocycles. The Bertz CT molecular complexity index is 493. The molecule has 2 rings (SSSR count). The molecule has 2 N–H and O–H groups in total. The molecule has 1 aromatic rings. The number of ether oxygens (including phenoxy) is 1. The predicted octanol–water partition coefficient (Wildman–Crippen LogP) is 1.75. The van der Waals surface area contributed by atoms with Crippen LogP contribution in [0, 0.1) is 0 Å². The first-order chi connectivity index (χ1) is 9.72. The number of benzene rings is 1. The molecule has 108 valence electrons. The molecule has 6 heteroatoms. The number of carbonyl (C=O) groups is 1. The summed E-state index contributed by atoms with van der Waals surface area (Å²) in [6.45, 7) is 4.39. The third-order valence-electron chi connectivity index (χ3n) is 2.96. The van der Waals surface area contributed by atoms with E-state index in [9.17, 15) is 4.79 Å². The van der Waals surface area contributed by atoms with Crippen LogP contribution < -0.4 is 15.5 Å². The second kappa shape index (κ2) is 7.21. The highest BCUT2D eigenvalue weighted by Gasteiger charge is 2.23. The first kappa shape index (κ1) is 14.7. The van der Waals surface area contributed by atoms with Crippen LogP contribution in [0.1, 0.15) is 13.3 Å². The van der Waals surface area contributed by atoms with E-state index in [1.165, 1.54) is 0 Å². The van der Waals surface area contributed by atoms with Gasteiger partial charge in [0.15, 0.2) is 5.11 Å². The summed E-state index contributed by atoms with van der Waals surface area (Å²) in [7, 11) is 0. The van der Waals surface area contributed by atoms with Gasteiger partial charge in [-0.1, -0.05) is 12.1 Å². The fourth-order valence-electron chi connectivity index (χ4n) is 2.02. The van der Waals surface area contributed by atoms with E-state index >= 15 is 0 Å². The van der Waals surface area contributed by atoms with E-state index in [0.29, 0.717) is 11.7 Å². The molecule has 0 unspecified atom stereocenters. The maximum Gasteiger partial charge on any atom is 0.244 e. The Balaban J connectivity index is 1.94. The summed E-state index contributed by atoms with van der Waals surface area (Å²) >= 11 is 5.38. The van der Waals surface area contributed by atoms with Crippen LogP contribution in [0.25, 0.3) is 0 Å². The number of amides is 1. The summed E-state index contributed by atoms with van der Waals surface area (Å²) in [6.07, 6.45) is 0.885. The van der Waals surface area contributed by atoms with E-state index < -0.39 is 0 Å². The minimum atomic E-state index is -0.0535. The van der Waals surface area contributed by atoms with Crippen LogP contribution in [-0.2, 0) is 9.53 Å². The van der Waals surface area contributed by atoms with Gasteiger partial charge in [0, 0.05) is 19.8 Å². The van der Waals surface area contributed by atoms with Crippen molar-refractivity contribution in [2.75, 3.05) is 36.5 Å². The van der Waals surface area contributed by atoms with E-state index in [-0.39, 0.29) is 12.5 Å². The van der Waals surface area contributed by atoms with Gasteiger partial charge >= 0.3 is 0 Å². The van der Waals surface area contributed by atoms with Gasteiger partial charge in [-0.25, -0.2) is 0 Å². The zero-order chi connectivity index (χ0) is 14.4. The summed E-state index contributed by atoms with van der Waals surface area (Å²) in [5, 5.41) is 6.58. The van der Waals surface area contributed by atoms with E-state index in [1.807, 2.05) is 36.1 Å². The molecule has 1 aliphatic rings. The summed E-state index contributed by atoms with van der Waals surface area (Å²) in [4.78, 5) is 13.5. The van der Waals surface area contributed by atoms with Crippen molar-refractivity contribution in [1.29, 1.82) is 0 Å². The smallest absolute Gasteiger partial charge is 0.244 e. The molecule has 0 bridgehead atoms.